The van der Waals surface area contributed by atoms with E-state index >= 15 is 0 Å². The molecule has 0 aliphatic rings. The van der Waals surface area contributed by atoms with E-state index in [2.05, 4.69) is 26.8 Å². The molecular formula is C13H20O. The Morgan fingerprint density at radius 1 is 1.21 bits per heavy atom. The number of phenolic OH excluding ortho intramolecular Hbond substituents is 1. The molecule has 0 aromatic heterocycles. The molecule has 0 unspecified atom stereocenters. The summed E-state index contributed by atoms with van der Waals surface area (Å²) in [6.45, 7) is 6.33. The van der Waals surface area contributed by atoms with Crippen molar-refractivity contribution in [3.63, 3.8) is 0 Å². The Kier molecular flexibility index (Phi) is 3.99. The van der Waals surface area contributed by atoms with Crippen LogP contribution in [0, 0.1) is 6.92 Å². The largest absolute Gasteiger partial charge is 0.507 e. The zero-order chi connectivity index (χ0) is 10.6. The summed E-state index contributed by atoms with van der Waals surface area (Å²) in [4.78, 5) is 0. The molecule has 0 radical (unpaired) electrons. The lowest BCUT2D eigenvalue weighted by molar-refractivity contribution is 0.460. The van der Waals surface area contributed by atoms with Gasteiger partial charge < -0.3 is 5.11 Å². The Morgan fingerprint density at radius 2 is 1.93 bits per heavy atom. The smallest absolute Gasteiger partial charge is 0.122 e. The molecule has 0 aliphatic heterocycles. The highest BCUT2D eigenvalue weighted by Gasteiger charge is 2.08. The van der Waals surface area contributed by atoms with Crippen LogP contribution in [-0.4, -0.2) is 5.11 Å². The lowest BCUT2D eigenvalue weighted by Crippen LogP contribution is -1.94. The second-order valence-electron chi connectivity index (χ2n) is 3.83. The molecule has 1 aromatic rings. The Bertz CT molecular complexity index is 302. The molecule has 0 spiro atoms. The average Bonchev–Trinajstić information content (AvgIpc) is 2.18. The first-order valence-electron chi connectivity index (χ1n) is 5.51. The Balaban J connectivity index is 2.99. The van der Waals surface area contributed by atoms with Crippen molar-refractivity contribution in [1.82, 2.24) is 0 Å². The van der Waals surface area contributed by atoms with E-state index in [0.717, 1.165) is 30.4 Å². The fraction of sp³-hybridized carbons (Fsp3) is 0.538. The van der Waals surface area contributed by atoms with Crippen molar-refractivity contribution in [3.8, 4) is 5.75 Å². The topological polar surface area (TPSA) is 20.2 Å². The molecule has 0 bridgehead atoms. The van der Waals surface area contributed by atoms with E-state index in [1.165, 1.54) is 12.0 Å². The van der Waals surface area contributed by atoms with Crippen LogP contribution in [-0.2, 0) is 12.8 Å². The normalized spacial score (nSPS) is 10.5. The average molecular weight is 192 g/mol. The van der Waals surface area contributed by atoms with Crippen LogP contribution in [0.4, 0.5) is 0 Å². The van der Waals surface area contributed by atoms with Gasteiger partial charge in [-0.1, -0.05) is 32.4 Å². The number of aryl methyl sites for hydroxylation is 2. The molecule has 1 N–H and O–H groups in total. The maximum absolute atomic E-state index is 10.00. The summed E-state index contributed by atoms with van der Waals surface area (Å²) in [6.07, 6.45) is 4.24. The van der Waals surface area contributed by atoms with Crippen LogP contribution in [0.1, 0.15) is 43.4 Å². The van der Waals surface area contributed by atoms with Gasteiger partial charge in [-0.25, -0.2) is 0 Å². The van der Waals surface area contributed by atoms with Gasteiger partial charge in [0.2, 0.25) is 0 Å². The molecule has 1 aromatic carbocycles. The van der Waals surface area contributed by atoms with Gasteiger partial charge in [-0.15, -0.1) is 0 Å². The van der Waals surface area contributed by atoms with Crippen LogP contribution in [0.2, 0.25) is 0 Å². The molecule has 1 heteroatoms. The van der Waals surface area contributed by atoms with Crippen LogP contribution >= 0.6 is 0 Å². The quantitative estimate of drug-likeness (QED) is 0.772. The number of hydrogen-bond donors (Lipinski definition) is 1. The van der Waals surface area contributed by atoms with Crippen molar-refractivity contribution < 1.29 is 5.11 Å². The maximum Gasteiger partial charge on any atom is 0.122 e. The summed E-state index contributed by atoms with van der Waals surface area (Å²) in [5.41, 5.74) is 3.43. The third kappa shape index (κ3) is 2.28. The first kappa shape index (κ1) is 11.1. The van der Waals surface area contributed by atoms with Crippen molar-refractivity contribution in [2.45, 2.75) is 46.5 Å². The summed E-state index contributed by atoms with van der Waals surface area (Å²) >= 11 is 0. The van der Waals surface area contributed by atoms with Gasteiger partial charge in [0.1, 0.15) is 5.75 Å². The van der Waals surface area contributed by atoms with E-state index in [1.54, 1.807) is 0 Å². The van der Waals surface area contributed by atoms with Crippen molar-refractivity contribution in [1.29, 1.82) is 0 Å². The fourth-order valence-corrected chi connectivity index (χ4v) is 1.74. The zero-order valence-corrected chi connectivity index (χ0v) is 9.43. The number of rotatable bonds is 4. The summed E-state index contributed by atoms with van der Waals surface area (Å²) in [7, 11) is 0. The molecule has 0 saturated carbocycles. The van der Waals surface area contributed by atoms with E-state index in [0.29, 0.717) is 5.75 Å². The summed E-state index contributed by atoms with van der Waals surface area (Å²) in [6, 6.07) is 4.14. The van der Waals surface area contributed by atoms with Crippen LogP contribution in [0.15, 0.2) is 12.1 Å². The monoisotopic (exact) mass is 192 g/mol. The van der Waals surface area contributed by atoms with E-state index in [4.69, 9.17) is 0 Å². The van der Waals surface area contributed by atoms with Gasteiger partial charge >= 0.3 is 0 Å². The van der Waals surface area contributed by atoms with Crippen LogP contribution in [0.25, 0.3) is 0 Å². The first-order chi connectivity index (χ1) is 6.70. The second kappa shape index (κ2) is 5.04. The van der Waals surface area contributed by atoms with E-state index in [1.807, 2.05) is 6.07 Å². The molecule has 1 nitrogen and oxygen atoms in total. The molecule has 0 amide bonds. The van der Waals surface area contributed by atoms with E-state index < -0.39 is 0 Å². The van der Waals surface area contributed by atoms with Crippen molar-refractivity contribution >= 4 is 0 Å². The van der Waals surface area contributed by atoms with Gasteiger partial charge in [-0.2, -0.15) is 0 Å². The highest BCUT2D eigenvalue weighted by atomic mass is 16.3. The summed E-state index contributed by atoms with van der Waals surface area (Å²) < 4.78 is 0. The number of hydrogen-bond acceptors (Lipinski definition) is 1. The molecule has 0 atom stereocenters. The van der Waals surface area contributed by atoms with E-state index in [9.17, 15) is 5.11 Å². The Hall–Kier alpha value is -0.980. The zero-order valence-electron chi connectivity index (χ0n) is 9.43. The number of benzene rings is 1. The third-order valence-electron chi connectivity index (χ3n) is 2.76. The highest BCUT2D eigenvalue weighted by molar-refractivity contribution is 5.45. The van der Waals surface area contributed by atoms with Crippen molar-refractivity contribution in [2.24, 2.45) is 0 Å². The molecule has 0 fully saturated rings. The minimum atomic E-state index is 0.529. The second-order valence-corrected chi connectivity index (χ2v) is 3.83. The van der Waals surface area contributed by atoms with E-state index in [-0.39, 0.29) is 0 Å². The maximum atomic E-state index is 10.00. The Labute approximate surface area is 86.8 Å². The van der Waals surface area contributed by atoms with Gasteiger partial charge in [0.05, 0.1) is 0 Å². The van der Waals surface area contributed by atoms with Crippen molar-refractivity contribution in [2.75, 3.05) is 0 Å². The summed E-state index contributed by atoms with van der Waals surface area (Å²) in [5.74, 6) is 0.529. The van der Waals surface area contributed by atoms with Gasteiger partial charge in [0.15, 0.2) is 0 Å². The van der Waals surface area contributed by atoms with Crippen molar-refractivity contribution in [3.05, 3.63) is 28.8 Å². The molecular weight excluding hydrogens is 172 g/mol. The summed E-state index contributed by atoms with van der Waals surface area (Å²) in [5, 5.41) is 10.00. The predicted molar refractivity (Wildman–Crippen MR) is 60.8 cm³/mol. The van der Waals surface area contributed by atoms with Gasteiger partial charge in [-0.3, -0.25) is 0 Å². The minimum Gasteiger partial charge on any atom is -0.507 e. The first-order valence-corrected chi connectivity index (χ1v) is 5.51. The lowest BCUT2D eigenvalue weighted by Gasteiger charge is -2.11. The molecule has 1 rings (SSSR count). The van der Waals surface area contributed by atoms with Crippen LogP contribution in [0.5, 0.6) is 5.75 Å². The minimum absolute atomic E-state index is 0.529. The predicted octanol–water partition coefficient (Wildman–Crippen LogP) is 3.61. The van der Waals surface area contributed by atoms with Crippen LogP contribution in [0.3, 0.4) is 0 Å². The number of aromatic hydroxyl groups is 1. The number of phenols is 1. The molecule has 14 heavy (non-hydrogen) atoms. The molecule has 0 saturated heterocycles. The fourth-order valence-electron chi connectivity index (χ4n) is 1.74. The van der Waals surface area contributed by atoms with Gasteiger partial charge in [0.25, 0.3) is 0 Å². The molecule has 78 valence electrons. The van der Waals surface area contributed by atoms with Crippen LogP contribution < -0.4 is 0 Å². The third-order valence-corrected chi connectivity index (χ3v) is 2.76. The SMILES string of the molecule is CCCCc1c(C)ccc(CC)c1O. The van der Waals surface area contributed by atoms with Gasteiger partial charge in [-0.05, 0) is 42.9 Å². The Morgan fingerprint density at radius 3 is 2.50 bits per heavy atom. The molecule has 0 heterocycles. The van der Waals surface area contributed by atoms with Gasteiger partial charge in [0, 0.05) is 0 Å². The standard InChI is InChI=1S/C13H20O/c1-4-6-7-12-10(3)8-9-11(5-2)13(12)14/h8-9,14H,4-7H2,1-3H3. The number of unbranched alkanes of at least 4 members (excludes halogenated alkanes) is 1. The molecule has 0 aliphatic carbocycles. The highest BCUT2D eigenvalue weighted by Crippen LogP contribution is 2.27. The lowest BCUT2D eigenvalue weighted by atomic mass is 9.97.